The summed E-state index contributed by atoms with van der Waals surface area (Å²) in [5.41, 5.74) is 10.9. The molecular weight excluding hydrogens is 476 g/mol. The maximum atomic E-state index is 13.0. The molecule has 5 rings (SSSR count). The Kier molecular flexibility index (Phi) is 7.13. The van der Waals surface area contributed by atoms with Crippen LogP contribution in [0, 0.1) is 0 Å². The molecule has 0 atom stereocenters. The van der Waals surface area contributed by atoms with E-state index in [1.54, 1.807) is 12.1 Å². The molecule has 1 heterocycles. The van der Waals surface area contributed by atoms with Crippen molar-refractivity contribution in [1.82, 2.24) is 4.98 Å². The minimum Gasteiger partial charge on any atom is -0.451 e. The van der Waals surface area contributed by atoms with Gasteiger partial charge >= 0.3 is 0 Å². The Morgan fingerprint density at radius 2 is 1.68 bits per heavy atom. The fourth-order valence-electron chi connectivity index (χ4n) is 4.49. The van der Waals surface area contributed by atoms with Crippen molar-refractivity contribution in [3.8, 4) is 22.6 Å². The highest BCUT2D eigenvalue weighted by Gasteiger charge is 2.21. The molecule has 1 amide bonds. The van der Waals surface area contributed by atoms with Crippen LogP contribution in [0.15, 0.2) is 99.5 Å². The van der Waals surface area contributed by atoms with E-state index in [0.29, 0.717) is 39.2 Å². The van der Waals surface area contributed by atoms with Crippen LogP contribution in [0.5, 0.6) is 0 Å². The second-order valence-corrected chi connectivity index (χ2v) is 8.56. The summed E-state index contributed by atoms with van der Waals surface area (Å²) < 4.78 is 6.46. The SMILES string of the molecule is CCN(CC)c1ccc2oc3c(NC(=O)c4ccccc4)ccc(-c4ccccc4)c3nc-2c1=NN=CN. The van der Waals surface area contributed by atoms with Crippen LogP contribution in [0.25, 0.3) is 33.7 Å². The van der Waals surface area contributed by atoms with Gasteiger partial charge in [0.25, 0.3) is 5.91 Å². The number of nitrogens with zero attached hydrogens (tertiary/aromatic N) is 4. The molecule has 0 radical (unpaired) electrons. The Morgan fingerprint density at radius 1 is 0.974 bits per heavy atom. The van der Waals surface area contributed by atoms with Gasteiger partial charge in [-0.05, 0) is 55.8 Å². The van der Waals surface area contributed by atoms with Gasteiger partial charge in [-0.1, -0.05) is 48.5 Å². The van der Waals surface area contributed by atoms with Gasteiger partial charge in [0.15, 0.2) is 11.3 Å². The first-order valence-corrected chi connectivity index (χ1v) is 12.5. The van der Waals surface area contributed by atoms with Crippen molar-refractivity contribution in [2.45, 2.75) is 13.8 Å². The third kappa shape index (κ3) is 4.71. The predicted molar refractivity (Wildman–Crippen MR) is 152 cm³/mol. The fraction of sp³-hybridized carbons (Fsp3) is 0.133. The lowest BCUT2D eigenvalue weighted by molar-refractivity contribution is 0.102. The minimum absolute atomic E-state index is 0.237. The highest BCUT2D eigenvalue weighted by molar-refractivity contribution is 6.09. The van der Waals surface area contributed by atoms with E-state index >= 15 is 0 Å². The van der Waals surface area contributed by atoms with E-state index in [9.17, 15) is 4.79 Å². The van der Waals surface area contributed by atoms with Gasteiger partial charge in [0.1, 0.15) is 22.9 Å². The molecule has 190 valence electrons. The first kappa shape index (κ1) is 24.7. The lowest BCUT2D eigenvalue weighted by Gasteiger charge is -2.22. The molecule has 3 aromatic rings. The topological polar surface area (TPSA) is 109 Å². The number of amides is 1. The summed E-state index contributed by atoms with van der Waals surface area (Å²) in [5, 5.41) is 11.9. The van der Waals surface area contributed by atoms with E-state index < -0.39 is 0 Å². The van der Waals surface area contributed by atoms with Gasteiger partial charge in [-0.3, -0.25) is 4.79 Å². The number of rotatable bonds is 7. The minimum atomic E-state index is -0.237. The van der Waals surface area contributed by atoms with E-state index in [2.05, 4.69) is 34.3 Å². The standard InChI is InChI=1S/C30H28N6O2/c1-3-36(4-2)24-17-18-25-28(27(24)35-32-19-31)34-26-22(20-11-7-5-8-12-20)15-16-23(29(26)38-25)33-30(37)21-13-9-6-10-14-21/h5-19H,3-4H2,1-2H3,(H2,31,32)(H,33,37). The molecule has 0 aromatic heterocycles. The van der Waals surface area contributed by atoms with E-state index in [1.165, 1.54) is 0 Å². The zero-order chi connectivity index (χ0) is 26.5. The molecule has 0 bridgehead atoms. The maximum Gasteiger partial charge on any atom is 0.255 e. The molecule has 8 nitrogen and oxygen atoms in total. The number of carbonyl (C=O) groups is 1. The fourth-order valence-corrected chi connectivity index (χ4v) is 4.49. The number of fused-ring (bicyclic) bond motifs is 2. The molecule has 3 N–H and O–H groups in total. The van der Waals surface area contributed by atoms with Crippen molar-refractivity contribution in [2.24, 2.45) is 15.9 Å². The maximum absolute atomic E-state index is 13.0. The molecule has 0 unspecified atom stereocenters. The number of nitrogens with two attached hydrogens (primary N) is 1. The number of nitrogens with one attached hydrogen (secondary N) is 1. The largest absolute Gasteiger partial charge is 0.451 e. The van der Waals surface area contributed by atoms with Crippen LogP contribution in [0.2, 0.25) is 0 Å². The number of carbonyl (C=O) groups excluding carboxylic acids is 1. The van der Waals surface area contributed by atoms with Gasteiger partial charge in [-0.25, -0.2) is 4.98 Å². The van der Waals surface area contributed by atoms with Crippen molar-refractivity contribution in [1.29, 1.82) is 0 Å². The van der Waals surface area contributed by atoms with E-state index in [1.807, 2.05) is 72.8 Å². The summed E-state index contributed by atoms with van der Waals surface area (Å²) >= 11 is 0. The smallest absolute Gasteiger partial charge is 0.255 e. The summed E-state index contributed by atoms with van der Waals surface area (Å²) in [6, 6.07) is 26.6. The van der Waals surface area contributed by atoms with Crippen LogP contribution in [-0.2, 0) is 0 Å². The molecular formula is C30H28N6O2. The van der Waals surface area contributed by atoms with E-state index in [4.69, 9.17) is 15.1 Å². The monoisotopic (exact) mass is 504 g/mol. The van der Waals surface area contributed by atoms with Crippen LogP contribution in [0.1, 0.15) is 24.2 Å². The van der Waals surface area contributed by atoms with Gasteiger partial charge < -0.3 is 20.4 Å². The molecule has 0 saturated heterocycles. The number of aromatic nitrogens is 1. The molecule has 3 aromatic carbocycles. The average Bonchev–Trinajstić information content (AvgIpc) is 2.97. The summed E-state index contributed by atoms with van der Waals surface area (Å²) in [4.78, 5) is 20.3. The highest BCUT2D eigenvalue weighted by atomic mass is 16.3. The van der Waals surface area contributed by atoms with Gasteiger partial charge in [0.05, 0.1) is 11.4 Å². The third-order valence-electron chi connectivity index (χ3n) is 6.36. The van der Waals surface area contributed by atoms with Crippen molar-refractivity contribution >= 4 is 34.7 Å². The Morgan fingerprint density at radius 3 is 2.37 bits per heavy atom. The second-order valence-electron chi connectivity index (χ2n) is 8.56. The van der Waals surface area contributed by atoms with E-state index in [-0.39, 0.29) is 5.91 Å². The first-order chi connectivity index (χ1) is 18.6. The van der Waals surface area contributed by atoms with Crippen LogP contribution in [0.4, 0.5) is 11.4 Å². The van der Waals surface area contributed by atoms with Gasteiger partial charge in [-0.15, -0.1) is 10.2 Å². The Bertz CT molecular complexity index is 1640. The summed E-state index contributed by atoms with van der Waals surface area (Å²) in [7, 11) is 0. The Balaban J connectivity index is 1.80. The molecule has 38 heavy (non-hydrogen) atoms. The van der Waals surface area contributed by atoms with Crippen LogP contribution in [-0.4, -0.2) is 30.3 Å². The lowest BCUT2D eigenvalue weighted by Crippen LogP contribution is -2.29. The predicted octanol–water partition coefficient (Wildman–Crippen LogP) is 5.50. The average molecular weight is 505 g/mol. The molecule has 0 saturated carbocycles. The number of hydrogen-bond donors (Lipinski definition) is 2. The normalized spacial score (nSPS) is 11.9. The summed E-state index contributed by atoms with van der Waals surface area (Å²) in [5.74, 6) is 0.277. The quantitative estimate of drug-likeness (QED) is 0.132. The molecule has 0 spiro atoms. The van der Waals surface area contributed by atoms with Crippen molar-refractivity contribution in [3.63, 3.8) is 0 Å². The molecule has 2 aliphatic rings. The summed E-state index contributed by atoms with van der Waals surface area (Å²) in [6.07, 6.45) is 1.15. The third-order valence-corrected chi connectivity index (χ3v) is 6.36. The zero-order valence-electron chi connectivity index (χ0n) is 21.3. The number of anilines is 2. The molecule has 8 heteroatoms. The molecule has 0 fully saturated rings. The number of benzene rings is 4. The zero-order valence-corrected chi connectivity index (χ0v) is 21.3. The highest BCUT2D eigenvalue weighted by Crippen LogP contribution is 2.36. The van der Waals surface area contributed by atoms with Crippen LogP contribution >= 0.6 is 0 Å². The Hall–Kier alpha value is -4.98. The van der Waals surface area contributed by atoms with Gasteiger partial charge in [0.2, 0.25) is 0 Å². The molecule has 1 aliphatic carbocycles. The lowest BCUT2D eigenvalue weighted by atomic mass is 10.0. The van der Waals surface area contributed by atoms with E-state index in [0.717, 1.165) is 36.2 Å². The van der Waals surface area contributed by atoms with Crippen molar-refractivity contribution in [3.05, 3.63) is 95.8 Å². The number of hydrogen-bond acceptors (Lipinski definition) is 6. The van der Waals surface area contributed by atoms with Crippen LogP contribution < -0.4 is 21.3 Å². The molecule has 1 aliphatic heterocycles. The Labute approximate surface area is 220 Å². The second kappa shape index (κ2) is 11.0. The summed E-state index contributed by atoms with van der Waals surface area (Å²) in [6.45, 7) is 5.73. The van der Waals surface area contributed by atoms with Crippen molar-refractivity contribution in [2.75, 3.05) is 23.3 Å². The van der Waals surface area contributed by atoms with Crippen molar-refractivity contribution < 1.29 is 9.21 Å². The van der Waals surface area contributed by atoms with Gasteiger partial charge in [-0.2, -0.15) is 0 Å². The first-order valence-electron chi connectivity index (χ1n) is 12.5. The van der Waals surface area contributed by atoms with Gasteiger partial charge in [0, 0.05) is 24.2 Å². The van der Waals surface area contributed by atoms with Crippen LogP contribution in [0.3, 0.4) is 0 Å².